The van der Waals surface area contributed by atoms with Crippen molar-refractivity contribution in [1.82, 2.24) is 4.98 Å². The lowest BCUT2D eigenvalue weighted by atomic mass is 10.1. The summed E-state index contributed by atoms with van der Waals surface area (Å²) >= 11 is 3.24. The quantitative estimate of drug-likeness (QED) is 0.232. The topological polar surface area (TPSA) is 111 Å². The second kappa shape index (κ2) is 8.89. The third kappa shape index (κ3) is 5.10. The van der Waals surface area contributed by atoms with E-state index in [1.165, 1.54) is 23.5 Å². The van der Waals surface area contributed by atoms with Crippen molar-refractivity contribution in [3.05, 3.63) is 73.2 Å². The van der Waals surface area contributed by atoms with Gasteiger partial charge < -0.3 is 4.74 Å². The Labute approximate surface area is 176 Å². The lowest BCUT2D eigenvalue weighted by molar-refractivity contribution is -0.384. The normalized spacial score (nSPS) is 10.3. The van der Waals surface area contributed by atoms with Crippen LogP contribution in [0.2, 0.25) is 0 Å². The molecule has 3 rings (SSSR count). The zero-order chi connectivity index (χ0) is 20.1. The molecule has 1 amide bonds. The molecule has 0 unspecified atom stereocenters. The van der Waals surface area contributed by atoms with Crippen LogP contribution >= 0.6 is 33.9 Å². The monoisotopic (exact) mass is 509 g/mol. The van der Waals surface area contributed by atoms with Crippen LogP contribution in [0.5, 0.6) is 0 Å². The first-order chi connectivity index (χ1) is 13.4. The molecule has 2 aromatic carbocycles. The maximum Gasteiger partial charge on any atom is 0.338 e. The van der Waals surface area contributed by atoms with Gasteiger partial charge in [0.1, 0.15) is 0 Å². The molecule has 10 heteroatoms. The molecule has 3 aromatic rings. The largest absolute Gasteiger partial charge is 0.452 e. The van der Waals surface area contributed by atoms with Crippen LogP contribution in [0.1, 0.15) is 10.4 Å². The Hall–Kier alpha value is -2.86. The number of nitro benzene ring substituents is 1. The first-order valence-electron chi connectivity index (χ1n) is 7.85. The van der Waals surface area contributed by atoms with Crippen molar-refractivity contribution in [3.63, 3.8) is 0 Å². The summed E-state index contributed by atoms with van der Waals surface area (Å²) in [6, 6.07) is 12.9. The van der Waals surface area contributed by atoms with Crippen LogP contribution < -0.4 is 5.32 Å². The predicted octanol–water partition coefficient (Wildman–Crippen LogP) is 4.12. The van der Waals surface area contributed by atoms with Crippen LogP contribution in [0, 0.1) is 13.7 Å². The number of aromatic nitrogens is 1. The number of ether oxygens (including phenoxy) is 1. The molecule has 28 heavy (non-hydrogen) atoms. The van der Waals surface area contributed by atoms with Gasteiger partial charge >= 0.3 is 5.97 Å². The molecule has 0 radical (unpaired) electrons. The average Bonchev–Trinajstić information content (AvgIpc) is 3.14. The second-order valence-corrected chi connectivity index (χ2v) is 7.58. The van der Waals surface area contributed by atoms with E-state index in [1.54, 1.807) is 35.7 Å². The second-order valence-electron chi connectivity index (χ2n) is 5.48. The lowest BCUT2D eigenvalue weighted by Crippen LogP contribution is -2.20. The molecule has 0 saturated carbocycles. The molecule has 0 saturated heterocycles. The number of nitrogens with zero attached hydrogens (tertiary/aromatic N) is 2. The van der Waals surface area contributed by atoms with Crippen molar-refractivity contribution in [3.8, 4) is 11.3 Å². The van der Waals surface area contributed by atoms with Crippen LogP contribution in [0.3, 0.4) is 0 Å². The molecule has 0 fully saturated rings. The van der Waals surface area contributed by atoms with E-state index in [4.69, 9.17) is 4.74 Å². The lowest BCUT2D eigenvalue weighted by Gasteiger charge is -2.05. The Kier molecular flexibility index (Phi) is 6.31. The SMILES string of the molecule is O=C(COC(=O)c1cccc(I)c1)Nc1nc(-c2cccc([N+](=O)[O-])c2)cs1. The molecule has 0 aliphatic heterocycles. The Morgan fingerprint density at radius 2 is 2.00 bits per heavy atom. The highest BCUT2D eigenvalue weighted by molar-refractivity contribution is 14.1. The van der Waals surface area contributed by atoms with E-state index in [0.717, 1.165) is 3.57 Å². The third-order valence-corrected chi connectivity index (χ3v) is 4.93. The molecule has 8 nitrogen and oxygen atoms in total. The summed E-state index contributed by atoms with van der Waals surface area (Å²) in [5, 5.41) is 15.4. The van der Waals surface area contributed by atoms with Crippen molar-refractivity contribution in [2.75, 3.05) is 11.9 Å². The highest BCUT2D eigenvalue weighted by atomic mass is 127. The van der Waals surface area contributed by atoms with Crippen LogP contribution in [0.4, 0.5) is 10.8 Å². The van der Waals surface area contributed by atoms with Gasteiger partial charge in [0, 0.05) is 26.6 Å². The summed E-state index contributed by atoms with van der Waals surface area (Å²) in [5.41, 5.74) is 1.39. The predicted molar refractivity (Wildman–Crippen MR) is 112 cm³/mol. The number of hydrogen-bond acceptors (Lipinski definition) is 7. The van der Waals surface area contributed by atoms with Gasteiger partial charge in [-0.15, -0.1) is 11.3 Å². The molecule has 1 aromatic heterocycles. The van der Waals surface area contributed by atoms with Gasteiger partial charge in [0.2, 0.25) is 0 Å². The number of halogens is 1. The number of anilines is 1. The number of nitrogens with one attached hydrogen (secondary N) is 1. The van der Waals surface area contributed by atoms with Crippen LogP contribution in [0.25, 0.3) is 11.3 Å². The van der Waals surface area contributed by atoms with Crippen molar-refractivity contribution >= 4 is 56.6 Å². The maximum atomic E-state index is 12.0. The molecule has 1 N–H and O–H groups in total. The van der Waals surface area contributed by atoms with Crippen molar-refractivity contribution in [2.24, 2.45) is 0 Å². The fourth-order valence-corrected chi connectivity index (χ4v) is 3.51. The van der Waals surface area contributed by atoms with E-state index in [0.29, 0.717) is 22.0 Å². The van der Waals surface area contributed by atoms with Gasteiger partial charge in [-0.1, -0.05) is 18.2 Å². The fraction of sp³-hybridized carbons (Fsp3) is 0.0556. The van der Waals surface area contributed by atoms with Gasteiger partial charge in [0.15, 0.2) is 11.7 Å². The number of rotatable bonds is 6. The van der Waals surface area contributed by atoms with E-state index in [1.807, 2.05) is 6.07 Å². The number of nitro groups is 1. The number of carbonyl (C=O) groups excluding carboxylic acids is 2. The van der Waals surface area contributed by atoms with Crippen molar-refractivity contribution < 1.29 is 19.2 Å². The molecule has 0 atom stereocenters. The average molecular weight is 509 g/mol. The minimum atomic E-state index is -0.593. The molecule has 0 spiro atoms. The van der Waals surface area contributed by atoms with Gasteiger partial charge in [-0.25, -0.2) is 9.78 Å². The zero-order valence-electron chi connectivity index (χ0n) is 14.1. The zero-order valence-corrected chi connectivity index (χ0v) is 17.1. The highest BCUT2D eigenvalue weighted by Gasteiger charge is 2.14. The number of benzene rings is 2. The Morgan fingerprint density at radius 1 is 1.21 bits per heavy atom. The molecular formula is C18H12IN3O5S. The molecule has 0 bridgehead atoms. The molecule has 1 heterocycles. The molecule has 0 aliphatic rings. The Balaban J connectivity index is 1.59. The van der Waals surface area contributed by atoms with Gasteiger partial charge in [0.25, 0.3) is 11.6 Å². The van der Waals surface area contributed by atoms with E-state index in [-0.39, 0.29) is 5.69 Å². The van der Waals surface area contributed by atoms with Gasteiger partial charge in [-0.3, -0.25) is 20.2 Å². The van der Waals surface area contributed by atoms with Gasteiger partial charge in [-0.2, -0.15) is 0 Å². The third-order valence-electron chi connectivity index (χ3n) is 3.50. The summed E-state index contributed by atoms with van der Waals surface area (Å²) < 4.78 is 5.88. The summed E-state index contributed by atoms with van der Waals surface area (Å²) in [5.74, 6) is -1.12. The van der Waals surface area contributed by atoms with E-state index < -0.39 is 23.4 Å². The standard InChI is InChI=1S/C18H12IN3O5S/c19-13-5-1-4-12(7-13)17(24)27-9-16(23)21-18-20-15(10-28-18)11-3-2-6-14(8-11)22(25)26/h1-8,10H,9H2,(H,20,21,23). The number of thiazole rings is 1. The van der Waals surface area contributed by atoms with Crippen molar-refractivity contribution in [1.29, 1.82) is 0 Å². The number of non-ortho nitro benzene ring substituents is 1. The van der Waals surface area contributed by atoms with Crippen LogP contribution in [0.15, 0.2) is 53.9 Å². The Bertz CT molecular complexity index is 1050. The van der Waals surface area contributed by atoms with Gasteiger partial charge in [-0.05, 0) is 40.8 Å². The number of amides is 1. The first kappa shape index (κ1) is 19.9. The summed E-state index contributed by atoms with van der Waals surface area (Å²) in [7, 11) is 0. The van der Waals surface area contributed by atoms with E-state index in [9.17, 15) is 19.7 Å². The van der Waals surface area contributed by atoms with E-state index >= 15 is 0 Å². The molecule has 142 valence electrons. The van der Waals surface area contributed by atoms with Crippen molar-refractivity contribution in [2.45, 2.75) is 0 Å². The molecular weight excluding hydrogens is 497 g/mol. The fourth-order valence-electron chi connectivity index (χ4n) is 2.23. The minimum Gasteiger partial charge on any atom is -0.452 e. The Morgan fingerprint density at radius 3 is 2.75 bits per heavy atom. The van der Waals surface area contributed by atoms with Gasteiger partial charge in [0.05, 0.1) is 16.2 Å². The van der Waals surface area contributed by atoms with Crippen LogP contribution in [-0.4, -0.2) is 28.4 Å². The number of carbonyl (C=O) groups is 2. The summed E-state index contributed by atoms with van der Waals surface area (Å²) in [6.07, 6.45) is 0. The summed E-state index contributed by atoms with van der Waals surface area (Å²) in [6.45, 7) is -0.448. The smallest absolute Gasteiger partial charge is 0.338 e. The van der Waals surface area contributed by atoms with E-state index in [2.05, 4.69) is 32.9 Å². The first-order valence-corrected chi connectivity index (χ1v) is 9.81. The van der Waals surface area contributed by atoms with Crippen LogP contribution in [-0.2, 0) is 9.53 Å². The highest BCUT2D eigenvalue weighted by Crippen LogP contribution is 2.27. The minimum absolute atomic E-state index is 0.0430. The number of esters is 1. The number of hydrogen-bond donors (Lipinski definition) is 1. The maximum absolute atomic E-state index is 12.0. The molecule has 0 aliphatic carbocycles. The summed E-state index contributed by atoms with van der Waals surface area (Å²) in [4.78, 5) is 38.6.